The second kappa shape index (κ2) is 12.6. The molecule has 0 aromatic heterocycles. The monoisotopic (exact) mass is 434 g/mol. The second-order valence-electron chi connectivity index (χ2n) is 7.10. The number of ether oxygens (including phenoxy) is 1. The van der Waals surface area contributed by atoms with Gasteiger partial charge in [-0.3, -0.25) is 9.00 Å². The summed E-state index contributed by atoms with van der Waals surface area (Å²) in [5.74, 6) is 0.384. The Morgan fingerprint density at radius 3 is 2.60 bits per heavy atom. The maximum absolute atomic E-state index is 12.7. The van der Waals surface area contributed by atoms with E-state index in [2.05, 4.69) is 0 Å². The van der Waals surface area contributed by atoms with Crippen LogP contribution in [0.5, 0.6) is 5.75 Å². The molecule has 30 heavy (non-hydrogen) atoms. The lowest BCUT2D eigenvalue weighted by Crippen LogP contribution is -2.11. The van der Waals surface area contributed by atoms with E-state index in [0.717, 1.165) is 12.2 Å². The first-order chi connectivity index (χ1) is 14.5. The molecule has 0 radical (unpaired) electrons. The van der Waals surface area contributed by atoms with Gasteiger partial charge in [0.25, 0.3) is 0 Å². The minimum absolute atomic E-state index is 0.00146. The number of aliphatic hydroxyl groups is 3. The second-order valence-corrected chi connectivity index (χ2v) is 8.42. The van der Waals surface area contributed by atoms with Crippen LogP contribution in [0.15, 0.2) is 64.6 Å². The number of ketones is 1. The minimum Gasteiger partial charge on any atom is -0.494 e. The quantitative estimate of drug-likeness (QED) is 0.345. The first-order valence-electron chi connectivity index (χ1n) is 10.1. The third-order valence-corrected chi connectivity index (χ3v) is 5.81. The van der Waals surface area contributed by atoms with E-state index in [1.165, 1.54) is 24.5 Å². The van der Waals surface area contributed by atoms with Gasteiger partial charge in [0.1, 0.15) is 11.9 Å². The fraction of sp³-hybridized carbons (Fsp3) is 0.435. The van der Waals surface area contributed by atoms with Gasteiger partial charge in [-0.25, -0.2) is 0 Å². The van der Waals surface area contributed by atoms with Crippen molar-refractivity contribution in [2.75, 3.05) is 19.5 Å². The van der Waals surface area contributed by atoms with Gasteiger partial charge in [0.15, 0.2) is 0 Å². The average molecular weight is 435 g/mol. The highest BCUT2D eigenvalue weighted by molar-refractivity contribution is 7.89. The number of rotatable bonds is 12. The predicted molar refractivity (Wildman–Crippen MR) is 117 cm³/mol. The number of para-hydroxylation sites is 1. The van der Waals surface area contributed by atoms with Crippen LogP contribution in [-0.2, 0) is 15.6 Å². The zero-order valence-electron chi connectivity index (χ0n) is 17.2. The normalized spacial score (nSPS) is 20.3. The van der Waals surface area contributed by atoms with E-state index in [9.17, 15) is 19.2 Å². The molecule has 1 aromatic rings. The number of hydrogen-bond acceptors (Lipinski definition) is 6. The van der Waals surface area contributed by atoms with Crippen LogP contribution < -0.4 is 4.74 Å². The molecule has 2 rings (SSSR count). The summed E-state index contributed by atoms with van der Waals surface area (Å²) in [6, 6.07) is 9.48. The SMILES string of the molecule is CS(=O)C1=C(CCCCOc2ccccc2)C(O)/C(=C/C=C\C(O)CCCO)C1=O. The van der Waals surface area contributed by atoms with Crippen molar-refractivity contribution < 1.29 is 29.1 Å². The topological polar surface area (TPSA) is 104 Å². The van der Waals surface area contributed by atoms with Crippen molar-refractivity contribution in [1.82, 2.24) is 0 Å². The molecule has 0 saturated carbocycles. The van der Waals surface area contributed by atoms with Crippen molar-refractivity contribution in [1.29, 1.82) is 0 Å². The molecule has 3 unspecified atom stereocenters. The third kappa shape index (κ3) is 7.02. The van der Waals surface area contributed by atoms with Crippen molar-refractivity contribution in [2.45, 2.75) is 44.3 Å². The number of allylic oxidation sites excluding steroid dienone is 3. The Morgan fingerprint density at radius 2 is 1.93 bits per heavy atom. The van der Waals surface area contributed by atoms with Crippen molar-refractivity contribution in [2.24, 2.45) is 0 Å². The number of unbranched alkanes of at least 4 members (excludes halogenated alkanes) is 1. The molecule has 0 heterocycles. The summed E-state index contributed by atoms with van der Waals surface area (Å²) < 4.78 is 17.8. The molecule has 1 aromatic carbocycles. The molecule has 0 fully saturated rings. The van der Waals surface area contributed by atoms with Crippen LogP contribution in [0.4, 0.5) is 0 Å². The number of benzene rings is 1. The summed E-state index contributed by atoms with van der Waals surface area (Å²) in [5.41, 5.74) is 0.669. The smallest absolute Gasteiger partial charge is 0.200 e. The summed E-state index contributed by atoms with van der Waals surface area (Å²) in [7, 11) is -1.50. The molecular weight excluding hydrogens is 404 g/mol. The summed E-state index contributed by atoms with van der Waals surface area (Å²) in [6.45, 7) is 0.515. The Kier molecular flexibility index (Phi) is 10.2. The van der Waals surface area contributed by atoms with Gasteiger partial charge >= 0.3 is 0 Å². The van der Waals surface area contributed by atoms with Gasteiger partial charge in [-0.1, -0.05) is 36.4 Å². The molecule has 0 saturated heterocycles. The molecule has 164 valence electrons. The Balaban J connectivity index is 1.95. The largest absolute Gasteiger partial charge is 0.494 e. The van der Waals surface area contributed by atoms with Gasteiger partial charge in [-0.05, 0) is 49.8 Å². The van der Waals surface area contributed by atoms with E-state index in [0.29, 0.717) is 37.9 Å². The van der Waals surface area contributed by atoms with Gasteiger partial charge in [0, 0.05) is 18.4 Å². The highest BCUT2D eigenvalue weighted by atomic mass is 32.2. The van der Waals surface area contributed by atoms with E-state index < -0.39 is 28.8 Å². The van der Waals surface area contributed by atoms with Crippen molar-refractivity contribution in [3.63, 3.8) is 0 Å². The summed E-state index contributed by atoms with van der Waals surface area (Å²) in [6.07, 6.45) is 6.87. The highest BCUT2D eigenvalue weighted by Gasteiger charge is 2.37. The predicted octanol–water partition coefficient (Wildman–Crippen LogP) is 2.43. The molecule has 0 bridgehead atoms. The average Bonchev–Trinajstić information content (AvgIpc) is 2.97. The maximum Gasteiger partial charge on any atom is 0.200 e. The van der Waals surface area contributed by atoms with Gasteiger partial charge < -0.3 is 20.1 Å². The first kappa shape index (κ1) is 24.2. The first-order valence-corrected chi connectivity index (χ1v) is 11.7. The molecule has 3 N–H and O–H groups in total. The number of Topliss-reactive ketones (excluding diaryl/α,β-unsaturated/α-hetero) is 1. The van der Waals surface area contributed by atoms with E-state index in [4.69, 9.17) is 9.84 Å². The Morgan fingerprint density at radius 1 is 1.20 bits per heavy atom. The number of carbonyl (C=O) groups excluding carboxylic acids is 1. The Bertz CT molecular complexity index is 812. The molecule has 0 spiro atoms. The Hall–Kier alpha value is -2.06. The lowest BCUT2D eigenvalue weighted by molar-refractivity contribution is -0.111. The van der Waals surface area contributed by atoms with Crippen LogP contribution in [0.2, 0.25) is 0 Å². The van der Waals surface area contributed by atoms with Crippen molar-refractivity contribution >= 4 is 16.6 Å². The molecular formula is C23H30O6S. The molecule has 0 amide bonds. The molecule has 6 nitrogen and oxygen atoms in total. The van der Waals surface area contributed by atoms with Gasteiger partial charge in [0.2, 0.25) is 5.78 Å². The van der Waals surface area contributed by atoms with Crippen molar-refractivity contribution in [3.05, 3.63) is 64.6 Å². The summed E-state index contributed by atoms with van der Waals surface area (Å²) >= 11 is 0. The maximum atomic E-state index is 12.7. The standard InChI is InChI=1S/C23H30O6S/c1-30(28)23-20(13-5-6-16-29-18-11-3-2-4-12-18)21(26)19(22(23)27)14-7-9-17(25)10-8-15-24/h2-4,7,9,11-12,14,17,21,24-26H,5-6,8,10,13,15-16H2,1H3/b9-7-,19-14-. The van der Waals surface area contributed by atoms with Crippen molar-refractivity contribution in [3.8, 4) is 5.75 Å². The zero-order valence-corrected chi connectivity index (χ0v) is 18.0. The van der Waals surface area contributed by atoms with Crippen LogP contribution in [-0.4, -0.2) is 57.0 Å². The van der Waals surface area contributed by atoms with Crippen LogP contribution in [0.25, 0.3) is 0 Å². The van der Waals surface area contributed by atoms with Gasteiger partial charge in [-0.15, -0.1) is 0 Å². The minimum atomic E-state index is -1.50. The molecule has 3 atom stereocenters. The Labute approximate surface area is 180 Å². The van der Waals surface area contributed by atoms with Crippen LogP contribution >= 0.6 is 0 Å². The summed E-state index contributed by atoms with van der Waals surface area (Å²) in [4.78, 5) is 12.8. The number of aliphatic hydroxyl groups excluding tert-OH is 3. The van der Waals surface area contributed by atoms with E-state index in [1.807, 2.05) is 30.3 Å². The fourth-order valence-electron chi connectivity index (χ4n) is 3.25. The number of carbonyl (C=O) groups is 1. The number of hydrogen-bond donors (Lipinski definition) is 3. The van der Waals surface area contributed by atoms with Crippen LogP contribution in [0.1, 0.15) is 32.1 Å². The molecule has 1 aliphatic rings. The molecule has 7 heteroatoms. The van der Waals surface area contributed by atoms with Gasteiger partial charge in [-0.2, -0.15) is 0 Å². The third-order valence-electron chi connectivity index (χ3n) is 4.79. The zero-order chi connectivity index (χ0) is 21.9. The summed E-state index contributed by atoms with van der Waals surface area (Å²) in [5, 5.41) is 29.2. The molecule has 1 aliphatic carbocycles. The fourth-order valence-corrected chi connectivity index (χ4v) is 4.22. The lowest BCUT2D eigenvalue weighted by Gasteiger charge is -2.10. The van der Waals surface area contributed by atoms with Crippen LogP contribution in [0.3, 0.4) is 0 Å². The van der Waals surface area contributed by atoms with Gasteiger partial charge in [0.05, 0.1) is 28.4 Å². The van der Waals surface area contributed by atoms with E-state index in [-0.39, 0.29) is 17.1 Å². The highest BCUT2D eigenvalue weighted by Crippen LogP contribution is 2.33. The molecule has 0 aliphatic heterocycles. The van der Waals surface area contributed by atoms with Crippen LogP contribution in [0, 0.1) is 0 Å². The van der Waals surface area contributed by atoms with E-state index in [1.54, 1.807) is 0 Å². The van der Waals surface area contributed by atoms with E-state index >= 15 is 0 Å². The lowest BCUT2D eigenvalue weighted by atomic mass is 10.0.